The molecule has 1 amide bonds. The zero-order chi connectivity index (χ0) is 32.5. The summed E-state index contributed by atoms with van der Waals surface area (Å²) in [4.78, 5) is 21.7. The average Bonchev–Trinajstić information content (AvgIpc) is 3.00. The van der Waals surface area contributed by atoms with Crippen LogP contribution in [0.1, 0.15) is 145 Å². The molecule has 2 aromatic rings. The first-order valence-electron chi connectivity index (χ1n) is 16.6. The monoisotopic (exact) mass is 677 g/mol. The number of benzene rings is 2. The van der Waals surface area contributed by atoms with E-state index in [2.05, 4.69) is 16.1 Å². The molecule has 0 fully saturated rings. The molecule has 0 radical (unpaired) electrons. The molecule has 0 saturated heterocycles. The van der Waals surface area contributed by atoms with E-state index in [4.69, 9.17) is 10.4 Å². The largest absolute Gasteiger partial charge is 0.478 e. The molecule has 9 heteroatoms. The molecule has 1 unspecified atom stereocenters. The van der Waals surface area contributed by atoms with Gasteiger partial charge in [0.05, 0.1) is 5.56 Å². The Balaban J connectivity index is 0.000000539. The normalized spacial score (nSPS) is 12.2. The molecule has 0 saturated carbocycles. The van der Waals surface area contributed by atoms with Crippen LogP contribution in [-0.2, 0) is 18.8 Å². The number of hydrogen-bond acceptors (Lipinski definition) is 5. The number of anilines is 1. The molecule has 1 atom stereocenters. The third-order valence-corrected chi connectivity index (χ3v) is 10.0. The summed E-state index contributed by atoms with van der Waals surface area (Å²) in [6, 6.07) is 13.0. The van der Waals surface area contributed by atoms with E-state index >= 15 is 0 Å². The summed E-state index contributed by atoms with van der Waals surface area (Å²) in [6.07, 6.45) is 26.1. The molecule has 0 aliphatic carbocycles. The Labute approximate surface area is 267 Å². The van der Waals surface area contributed by atoms with E-state index in [1.165, 1.54) is 141 Å². The van der Waals surface area contributed by atoms with Crippen LogP contribution in [0.2, 0.25) is 0 Å². The van der Waals surface area contributed by atoms with Crippen molar-refractivity contribution in [3.8, 4) is 0 Å². The van der Waals surface area contributed by atoms with Crippen LogP contribution in [0.25, 0.3) is 0 Å². The number of hydrogen-bond donors (Lipinski definition) is 4. The van der Waals surface area contributed by atoms with Gasteiger partial charge in [-0.25, -0.2) is 4.79 Å². The van der Waals surface area contributed by atoms with Gasteiger partial charge >= 0.3 is 94.4 Å². The standard InChI is InChI=1S/C27H46O2.C8H10AsNO5/c1-2-3-4-5-6-7-8-9-10-11-12-13-14-15-16-17-18-19-21-25-22-20-23-26(24-25)27(28)29;1-6(11)10-8-4-2-3-7(5-8)9(12,13)15-14/h20,22-24H,2-19,21H2,1H3,(H,28,29);2-5,14H,1H3,(H,10,11)(H,12,13). The summed E-state index contributed by atoms with van der Waals surface area (Å²) < 4.78 is 23.9. The Morgan fingerprint density at radius 1 is 0.727 bits per heavy atom. The fraction of sp³-hybridized carbons (Fsp3) is 0.600. The van der Waals surface area contributed by atoms with E-state index in [9.17, 15) is 17.4 Å². The van der Waals surface area contributed by atoms with Gasteiger partial charge in [-0.1, -0.05) is 128 Å². The van der Waals surface area contributed by atoms with Gasteiger partial charge in [-0.2, -0.15) is 0 Å². The van der Waals surface area contributed by atoms with Crippen molar-refractivity contribution in [2.75, 3.05) is 5.32 Å². The number of carboxylic acid groups (broad SMARTS) is 1. The fourth-order valence-corrected chi connectivity index (χ4v) is 6.51. The van der Waals surface area contributed by atoms with Gasteiger partial charge in [0, 0.05) is 0 Å². The van der Waals surface area contributed by atoms with Crippen LogP contribution in [0.5, 0.6) is 0 Å². The second kappa shape index (κ2) is 24.9. The molecule has 4 N–H and O–H groups in total. The van der Waals surface area contributed by atoms with Gasteiger partial charge < -0.3 is 5.11 Å². The molecule has 2 aromatic carbocycles. The minimum Gasteiger partial charge on any atom is -0.478 e. The maximum absolute atomic E-state index is 11.3. The van der Waals surface area contributed by atoms with Crippen LogP contribution >= 0.6 is 0 Å². The Morgan fingerprint density at radius 2 is 1.20 bits per heavy atom. The molecule has 8 nitrogen and oxygen atoms in total. The van der Waals surface area contributed by atoms with Gasteiger partial charge in [0.15, 0.2) is 0 Å². The number of unbranched alkanes of at least 4 members (excludes halogenated alkanes) is 17. The predicted molar refractivity (Wildman–Crippen MR) is 179 cm³/mol. The quantitative estimate of drug-likeness (QED) is 0.0400. The van der Waals surface area contributed by atoms with Gasteiger partial charge in [0.2, 0.25) is 0 Å². The van der Waals surface area contributed by atoms with Crippen LogP contribution in [0.3, 0.4) is 0 Å². The molecule has 248 valence electrons. The molecule has 44 heavy (non-hydrogen) atoms. The van der Waals surface area contributed by atoms with Gasteiger partial charge in [0.1, 0.15) is 0 Å². The maximum Gasteiger partial charge on any atom is 0.335 e. The number of rotatable bonds is 23. The topological polar surface area (TPSA) is 133 Å². The minimum absolute atomic E-state index is 0.0399. The Kier molecular flexibility index (Phi) is 22.4. The summed E-state index contributed by atoms with van der Waals surface area (Å²) in [6.45, 7) is 3.60. The van der Waals surface area contributed by atoms with Crippen molar-refractivity contribution in [1.82, 2.24) is 0 Å². The van der Waals surface area contributed by atoms with E-state index < -0.39 is 20.1 Å². The van der Waals surface area contributed by atoms with Crippen LogP contribution < -0.4 is 9.67 Å². The molecular formula is C35H56AsNO7. The molecule has 0 aromatic heterocycles. The molecular weight excluding hydrogens is 621 g/mol. The molecule has 0 bridgehead atoms. The molecule has 0 aliphatic rings. The van der Waals surface area contributed by atoms with Gasteiger partial charge in [-0.15, -0.1) is 0 Å². The summed E-state index contributed by atoms with van der Waals surface area (Å²) in [5.41, 5.74) is 1.93. The first-order chi connectivity index (χ1) is 21.2. The Morgan fingerprint density at radius 3 is 1.66 bits per heavy atom. The van der Waals surface area contributed by atoms with Crippen molar-refractivity contribution >= 4 is 36.1 Å². The SMILES string of the molecule is CC(=O)Nc1cccc([As](=O)(O)OO)c1.CCCCCCCCCCCCCCCCCCCCc1cccc(C(=O)O)c1. The first-order valence-corrected chi connectivity index (χ1v) is 19.9. The molecule has 0 spiro atoms. The number of carbonyl (C=O) groups is 2. The fourth-order valence-electron chi connectivity index (χ4n) is 5.10. The van der Waals surface area contributed by atoms with Crippen LogP contribution in [-0.4, -0.2) is 40.5 Å². The van der Waals surface area contributed by atoms with Crippen LogP contribution in [0.4, 0.5) is 5.69 Å². The van der Waals surface area contributed by atoms with Crippen molar-refractivity contribution in [1.29, 1.82) is 0 Å². The Bertz CT molecular complexity index is 1110. The summed E-state index contributed by atoms with van der Waals surface area (Å²) in [5.74, 6) is -1.12. The van der Waals surface area contributed by atoms with Gasteiger partial charge in [-0.3, -0.25) is 0 Å². The minimum atomic E-state index is -4.83. The van der Waals surface area contributed by atoms with Crippen molar-refractivity contribution < 1.29 is 31.7 Å². The second-order valence-electron chi connectivity index (χ2n) is 11.6. The predicted octanol–water partition coefficient (Wildman–Crippen LogP) is 8.67. The summed E-state index contributed by atoms with van der Waals surface area (Å²) in [5, 5.41) is 19.7. The zero-order valence-electron chi connectivity index (χ0n) is 27.0. The third kappa shape index (κ3) is 19.8. The Hall–Kier alpha value is -2.38. The number of nitrogens with one attached hydrogen (secondary N) is 1. The van der Waals surface area contributed by atoms with E-state index in [1.807, 2.05) is 18.2 Å². The molecule has 2 rings (SSSR count). The van der Waals surface area contributed by atoms with Gasteiger partial charge in [-0.05, 0) is 30.5 Å². The third-order valence-electron chi connectivity index (χ3n) is 7.60. The van der Waals surface area contributed by atoms with Crippen molar-refractivity contribution in [3.05, 3.63) is 59.7 Å². The molecule has 0 heterocycles. The summed E-state index contributed by atoms with van der Waals surface area (Å²) >= 11 is -4.83. The van der Waals surface area contributed by atoms with Crippen molar-refractivity contribution in [2.45, 2.75) is 136 Å². The van der Waals surface area contributed by atoms with E-state index in [0.29, 0.717) is 11.3 Å². The second-order valence-corrected chi connectivity index (χ2v) is 15.2. The zero-order valence-corrected chi connectivity index (χ0v) is 28.9. The van der Waals surface area contributed by atoms with Crippen molar-refractivity contribution in [2.24, 2.45) is 0 Å². The first kappa shape index (κ1) is 39.6. The van der Waals surface area contributed by atoms with E-state index in [1.54, 1.807) is 12.1 Å². The summed E-state index contributed by atoms with van der Waals surface area (Å²) in [7, 11) is 0. The number of aromatic carboxylic acids is 1. The van der Waals surface area contributed by atoms with Crippen molar-refractivity contribution in [3.63, 3.8) is 0 Å². The number of aryl methyl sites for hydroxylation is 1. The number of amides is 1. The molecule has 0 aliphatic heterocycles. The average molecular weight is 678 g/mol. The maximum atomic E-state index is 11.3. The van der Waals surface area contributed by atoms with Crippen LogP contribution in [0.15, 0.2) is 48.5 Å². The van der Waals surface area contributed by atoms with Gasteiger partial charge in [0.25, 0.3) is 0 Å². The van der Waals surface area contributed by atoms with E-state index in [-0.39, 0.29) is 10.3 Å². The number of carboxylic acids is 1. The smallest absolute Gasteiger partial charge is 0.335 e. The van der Waals surface area contributed by atoms with E-state index in [0.717, 1.165) is 12.0 Å². The van der Waals surface area contributed by atoms with Crippen LogP contribution in [0, 0.1) is 0 Å². The number of carbonyl (C=O) groups excluding carboxylic acids is 1.